The van der Waals surface area contributed by atoms with Crippen molar-refractivity contribution in [3.63, 3.8) is 0 Å². The summed E-state index contributed by atoms with van der Waals surface area (Å²) in [4.78, 5) is 23.9. The van der Waals surface area contributed by atoms with Crippen LogP contribution in [-0.4, -0.2) is 17.7 Å². The van der Waals surface area contributed by atoms with E-state index in [0.717, 1.165) is 43.4 Å². The number of hydrogen-bond acceptors (Lipinski definition) is 2. The molecule has 1 N–H and O–H groups in total. The van der Waals surface area contributed by atoms with Gasteiger partial charge >= 0.3 is 0 Å². The molecule has 7 atom stereocenters. The summed E-state index contributed by atoms with van der Waals surface area (Å²) < 4.78 is 0. The van der Waals surface area contributed by atoms with Gasteiger partial charge in [0.25, 0.3) is 0 Å². The second-order valence-electron chi connectivity index (χ2n) is 9.75. The van der Waals surface area contributed by atoms with Gasteiger partial charge in [-0.1, -0.05) is 13.8 Å². The minimum atomic E-state index is -0.00223. The fourth-order valence-corrected chi connectivity index (χ4v) is 7.45. The van der Waals surface area contributed by atoms with E-state index >= 15 is 0 Å². The van der Waals surface area contributed by atoms with Crippen LogP contribution in [-0.2, 0) is 9.59 Å². The van der Waals surface area contributed by atoms with Gasteiger partial charge in [-0.3, -0.25) is 9.59 Å². The molecule has 0 aromatic heterocycles. The van der Waals surface area contributed by atoms with Gasteiger partial charge in [0.15, 0.2) is 0 Å². The lowest BCUT2D eigenvalue weighted by atomic mass is 9.45. The number of nitrogens with one attached hydrogen (secondary N) is 1. The van der Waals surface area contributed by atoms with Gasteiger partial charge in [0.2, 0.25) is 5.91 Å². The molecule has 24 heavy (non-hydrogen) atoms. The van der Waals surface area contributed by atoms with Crippen LogP contribution in [0.4, 0.5) is 0 Å². The number of hydrogen-bond donors (Lipinski definition) is 1. The van der Waals surface area contributed by atoms with Gasteiger partial charge in [-0.25, -0.2) is 0 Å². The Hall–Kier alpha value is -0.860. The predicted molar refractivity (Wildman–Crippen MR) is 94.3 cm³/mol. The Morgan fingerprint density at radius 3 is 2.58 bits per heavy atom. The summed E-state index contributed by atoms with van der Waals surface area (Å²) in [7, 11) is 0. The van der Waals surface area contributed by atoms with Crippen molar-refractivity contribution in [3.8, 4) is 0 Å². The van der Waals surface area contributed by atoms with Crippen molar-refractivity contribution < 1.29 is 9.59 Å². The first kappa shape index (κ1) is 16.6. The third-order valence-corrected chi connectivity index (χ3v) is 8.78. The molecule has 0 aromatic rings. The molecule has 0 radical (unpaired) electrons. The van der Waals surface area contributed by atoms with Crippen LogP contribution in [0.2, 0.25) is 0 Å². The highest BCUT2D eigenvalue weighted by Crippen LogP contribution is 2.65. The van der Waals surface area contributed by atoms with E-state index in [0.29, 0.717) is 23.2 Å². The van der Waals surface area contributed by atoms with Gasteiger partial charge in [0.1, 0.15) is 5.78 Å². The lowest BCUT2D eigenvalue weighted by Gasteiger charge is -2.60. The van der Waals surface area contributed by atoms with Gasteiger partial charge in [0.05, 0.1) is 0 Å². The monoisotopic (exact) mass is 331 g/mol. The molecule has 0 bridgehead atoms. The maximum Gasteiger partial charge on any atom is 0.217 e. The summed E-state index contributed by atoms with van der Waals surface area (Å²) in [5, 5.41) is 3.17. The normalized spacial score (nSPS) is 50.6. The van der Waals surface area contributed by atoms with E-state index in [1.165, 1.54) is 32.1 Å². The lowest BCUT2D eigenvalue weighted by Crippen LogP contribution is -2.55. The number of Topliss-reactive ketones (excluding diaryl/α,β-unsaturated/α-hetero) is 1. The van der Waals surface area contributed by atoms with Crippen molar-refractivity contribution in [1.29, 1.82) is 0 Å². The maximum absolute atomic E-state index is 12.5. The van der Waals surface area contributed by atoms with Crippen LogP contribution in [0, 0.1) is 34.5 Å². The first-order chi connectivity index (χ1) is 11.3. The Balaban J connectivity index is 1.54. The summed E-state index contributed by atoms with van der Waals surface area (Å²) in [6.45, 7) is 6.45. The molecule has 0 spiro atoms. The van der Waals surface area contributed by atoms with Crippen LogP contribution < -0.4 is 5.32 Å². The van der Waals surface area contributed by atoms with Crippen molar-refractivity contribution in [3.05, 3.63) is 0 Å². The minimum absolute atomic E-state index is 0.00223. The summed E-state index contributed by atoms with van der Waals surface area (Å²) in [6, 6.07) is 0.388. The van der Waals surface area contributed by atoms with E-state index in [9.17, 15) is 9.59 Å². The smallest absolute Gasteiger partial charge is 0.217 e. The molecule has 4 saturated carbocycles. The van der Waals surface area contributed by atoms with E-state index in [-0.39, 0.29) is 11.3 Å². The fraction of sp³-hybridized carbons (Fsp3) is 0.905. The second kappa shape index (κ2) is 5.57. The summed E-state index contributed by atoms with van der Waals surface area (Å²) in [6.07, 6.45) is 10.5. The molecule has 0 unspecified atom stereocenters. The van der Waals surface area contributed by atoms with Crippen molar-refractivity contribution >= 4 is 11.7 Å². The van der Waals surface area contributed by atoms with Crippen molar-refractivity contribution in [1.82, 2.24) is 5.32 Å². The quantitative estimate of drug-likeness (QED) is 0.786. The average Bonchev–Trinajstić information content (AvgIpc) is 2.83. The number of carbonyl (C=O) groups excluding carboxylic acids is 2. The largest absolute Gasteiger partial charge is 0.354 e. The summed E-state index contributed by atoms with van der Waals surface area (Å²) in [5.41, 5.74) is 0.433. The first-order valence-electron chi connectivity index (χ1n) is 10.1. The number of ketones is 1. The first-order valence-corrected chi connectivity index (χ1v) is 10.1. The number of amides is 1. The van der Waals surface area contributed by atoms with Gasteiger partial charge < -0.3 is 5.32 Å². The minimum Gasteiger partial charge on any atom is -0.354 e. The number of carbonyl (C=O) groups is 2. The van der Waals surface area contributed by atoms with Crippen molar-refractivity contribution in [2.24, 2.45) is 34.5 Å². The molecule has 4 fully saturated rings. The fourth-order valence-electron chi connectivity index (χ4n) is 7.45. The van der Waals surface area contributed by atoms with Crippen LogP contribution >= 0.6 is 0 Å². The highest BCUT2D eigenvalue weighted by atomic mass is 16.1. The zero-order chi connectivity index (χ0) is 17.1. The SMILES string of the molecule is CC(=O)N[C@H]1CC[C@@]2(C)[C@@H](CC[C@@H]3[C@@H]2CC[C@]2(C)C(=O)CC[C@@H]32)C1. The Morgan fingerprint density at radius 1 is 1.04 bits per heavy atom. The predicted octanol–water partition coefficient (Wildman–Crippen LogP) is 4.10. The average molecular weight is 332 g/mol. The third kappa shape index (κ3) is 2.29. The lowest BCUT2D eigenvalue weighted by molar-refractivity contribution is -0.139. The van der Waals surface area contributed by atoms with Crippen molar-refractivity contribution in [2.75, 3.05) is 0 Å². The van der Waals surface area contributed by atoms with E-state index in [2.05, 4.69) is 19.2 Å². The molecule has 4 aliphatic rings. The van der Waals surface area contributed by atoms with Gasteiger partial charge in [-0.15, -0.1) is 0 Å². The van der Waals surface area contributed by atoms with E-state index in [1.807, 2.05) is 0 Å². The van der Waals surface area contributed by atoms with Gasteiger partial charge in [-0.2, -0.15) is 0 Å². The molecule has 3 heteroatoms. The second-order valence-corrected chi connectivity index (χ2v) is 9.75. The highest BCUT2D eigenvalue weighted by Gasteiger charge is 2.60. The van der Waals surface area contributed by atoms with Crippen LogP contribution in [0.5, 0.6) is 0 Å². The Labute approximate surface area is 146 Å². The summed E-state index contributed by atoms with van der Waals surface area (Å²) >= 11 is 0. The van der Waals surface area contributed by atoms with Crippen LogP contribution in [0.1, 0.15) is 78.6 Å². The zero-order valence-corrected chi connectivity index (χ0v) is 15.6. The molecular weight excluding hydrogens is 298 g/mol. The molecular formula is C21H33NO2. The number of fused-ring (bicyclic) bond motifs is 5. The number of rotatable bonds is 1. The Bertz CT molecular complexity index is 558. The highest BCUT2D eigenvalue weighted by molar-refractivity contribution is 5.87. The third-order valence-electron chi connectivity index (χ3n) is 8.78. The molecule has 4 rings (SSSR count). The molecule has 1 amide bonds. The van der Waals surface area contributed by atoms with Gasteiger partial charge in [0, 0.05) is 24.8 Å². The maximum atomic E-state index is 12.5. The molecule has 0 aliphatic heterocycles. The molecule has 0 aromatic carbocycles. The van der Waals surface area contributed by atoms with Crippen LogP contribution in [0.25, 0.3) is 0 Å². The van der Waals surface area contributed by atoms with Crippen molar-refractivity contribution in [2.45, 2.75) is 84.6 Å². The zero-order valence-electron chi connectivity index (χ0n) is 15.6. The Morgan fingerprint density at radius 2 is 1.83 bits per heavy atom. The van der Waals surface area contributed by atoms with Gasteiger partial charge in [-0.05, 0) is 80.5 Å². The van der Waals surface area contributed by atoms with E-state index in [4.69, 9.17) is 0 Å². The van der Waals surface area contributed by atoms with Crippen LogP contribution in [0.15, 0.2) is 0 Å². The molecule has 0 saturated heterocycles. The van der Waals surface area contributed by atoms with E-state index in [1.54, 1.807) is 6.92 Å². The Kier molecular flexibility index (Phi) is 3.85. The topological polar surface area (TPSA) is 46.2 Å². The summed E-state index contributed by atoms with van der Waals surface area (Å²) in [5.74, 6) is 3.65. The van der Waals surface area contributed by atoms with E-state index < -0.39 is 0 Å². The standard InChI is InChI=1S/C21H33NO2/c1-13(23)22-15-8-10-20(2)14(12-15)4-5-16-17-6-7-19(24)21(17,3)11-9-18(16)20/h14-18H,4-12H2,1-3H3,(H,22,23)/t14-,15-,16-,17-,18-,20-,21-/m0/s1. The molecule has 134 valence electrons. The van der Waals surface area contributed by atoms with Crippen LogP contribution in [0.3, 0.4) is 0 Å². The molecule has 4 aliphatic carbocycles. The molecule has 3 nitrogen and oxygen atoms in total. The molecule has 0 heterocycles.